The normalized spacial score (nSPS) is 11.4. The lowest BCUT2D eigenvalue weighted by Gasteiger charge is -2.28. The first-order chi connectivity index (χ1) is 27.6. The van der Waals surface area contributed by atoms with Crippen LogP contribution in [0.5, 0.6) is 0 Å². The molecule has 0 fully saturated rings. The minimum Gasteiger partial charge on any atom is -0.456 e. The van der Waals surface area contributed by atoms with Crippen molar-refractivity contribution < 1.29 is 4.42 Å². The molecule has 2 nitrogen and oxygen atoms in total. The van der Waals surface area contributed by atoms with Gasteiger partial charge in [0.25, 0.3) is 0 Å². The van der Waals surface area contributed by atoms with E-state index in [4.69, 9.17) is 4.42 Å². The predicted molar refractivity (Wildman–Crippen MR) is 237 cm³/mol. The Morgan fingerprint density at radius 1 is 0.339 bits per heavy atom. The molecular formula is C54H39NO. The van der Waals surface area contributed by atoms with E-state index in [9.17, 15) is 0 Å². The average Bonchev–Trinajstić information content (AvgIpc) is 3.63. The van der Waals surface area contributed by atoms with Crippen molar-refractivity contribution in [3.63, 3.8) is 0 Å². The summed E-state index contributed by atoms with van der Waals surface area (Å²) in [7, 11) is 0. The van der Waals surface area contributed by atoms with E-state index in [1.54, 1.807) is 0 Å². The van der Waals surface area contributed by atoms with Crippen molar-refractivity contribution in [1.29, 1.82) is 0 Å². The summed E-state index contributed by atoms with van der Waals surface area (Å²) < 4.78 is 6.10. The number of hydrogen-bond acceptors (Lipinski definition) is 2. The molecule has 0 aliphatic rings. The summed E-state index contributed by atoms with van der Waals surface area (Å²) in [5, 5.41) is 4.73. The maximum absolute atomic E-state index is 6.10. The molecule has 56 heavy (non-hydrogen) atoms. The molecule has 0 radical (unpaired) electrons. The lowest BCUT2D eigenvalue weighted by Crippen LogP contribution is -2.11. The van der Waals surface area contributed by atoms with Crippen LogP contribution in [0.3, 0.4) is 0 Å². The van der Waals surface area contributed by atoms with Gasteiger partial charge in [0.2, 0.25) is 0 Å². The molecule has 0 saturated carbocycles. The maximum atomic E-state index is 6.10. The molecule has 0 bridgehead atoms. The van der Waals surface area contributed by atoms with E-state index in [1.165, 1.54) is 66.4 Å². The number of para-hydroxylation sites is 1. The minimum atomic E-state index is 0.918. The second kappa shape index (κ2) is 13.9. The first-order valence-electron chi connectivity index (χ1n) is 19.2. The van der Waals surface area contributed by atoms with Gasteiger partial charge in [-0.15, -0.1) is 0 Å². The van der Waals surface area contributed by atoms with E-state index in [1.807, 2.05) is 12.1 Å². The highest BCUT2D eigenvalue weighted by Gasteiger charge is 2.18. The predicted octanol–water partition coefficient (Wildman–Crippen LogP) is 15.5. The van der Waals surface area contributed by atoms with Gasteiger partial charge in [-0.05, 0) is 123 Å². The third-order valence-corrected chi connectivity index (χ3v) is 11.2. The Bertz CT molecular complexity index is 3020. The zero-order chi connectivity index (χ0) is 37.6. The van der Waals surface area contributed by atoms with Crippen LogP contribution in [-0.2, 0) is 0 Å². The lowest BCUT2D eigenvalue weighted by atomic mass is 9.92. The molecule has 2 heteroatoms. The average molecular weight is 718 g/mol. The van der Waals surface area contributed by atoms with E-state index < -0.39 is 0 Å². The summed E-state index contributed by atoms with van der Waals surface area (Å²) in [6, 6.07) is 72.1. The first-order valence-corrected chi connectivity index (χ1v) is 19.2. The monoisotopic (exact) mass is 717 g/mol. The van der Waals surface area contributed by atoms with Gasteiger partial charge < -0.3 is 9.32 Å². The molecule has 0 spiro atoms. The number of hydrogen-bond donors (Lipinski definition) is 0. The van der Waals surface area contributed by atoms with Gasteiger partial charge in [0.05, 0.1) is 5.69 Å². The zero-order valence-electron chi connectivity index (χ0n) is 31.4. The van der Waals surface area contributed by atoms with Crippen LogP contribution in [0.2, 0.25) is 0 Å². The Labute approximate surface area is 327 Å². The van der Waals surface area contributed by atoms with E-state index in [0.717, 1.165) is 39.0 Å². The fourth-order valence-electron chi connectivity index (χ4n) is 8.26. The second-order valence-electron chi connectivity index (χ2n) is 14.7. The highest BCUT2D eigenvalue weighted by molar-refractivity contribution is 6.06. The van der Waals surface area contributed by atoms with Crippen molar-refractivity contribution >= 4 is 49.8 Å². The topological polar surface area (TPSA) is 16.4 Å². The molecule has 0 N–H and O–H groups in total. The van der Waals surface area contributed by atoms with Crippen molar-refractivity contribution in [3.8, 4) is 44.5 Å². The van der Waals surface area contributed by atoms with Crippen LogP contribution < -0.4 is 4.90 Å². The number of fused-ring (bicyclic) bond motifs is 4. The van der Waals surface area contributed by atoms with Gasteiger partial charge in [0.15, 0.2) is 0 Å². The molecule has 0 amide bonds. The summed E-state index contributed by atoms with van der Waals surface area (Å²) >= 11 is 0. The molecule has 1 heterocycles. The smallest absolute Gasteiger partial charge is 0.135 e. The highest BCUT2D eigenvalue weighted by atomic mass is 16.3. The third kappa shape index (κ3) is 6.02. The van der Waals surface area contributed by atoms with Crippen LogP contribution in [0, 0.1) is 13.8 Å². The van der Waals surface area contributed by atoms with Crippen molar-refractivity contribution in [2.75, 3.05) is 4.90 Å². The molecule has 0 aliphatic heterocycles. The van der Waals surface area contributed by atoms with Gasteiger partial charge in [-0.1, -0.05) is 152 Å². The molecule has 10 rings (SSSR count). The van der Waals surface area contributed by atoms with E-state index in [-0.39, 0.29) is 0 Å². The number of rotatable bonds is 7. The number of anilines is 3. The van der Waals surface area contributed by atoms with Crippen LogP contribution in [0.1, 0.15) is 11.1 Å². The molecule has 266 valence electrons. The summed E-state index contributed by atoms with van der Waals surface area (Å²) in [6.45, 7) is 4.45. The lowest BCUT2D eigenvalue weighted by molar-refractivity contribution is 0.669. The van der Waals surface area contributed by atoms with Crippen LogP contribution in [0.15, 0.2) is 205 Å². The second-order valence-corrected chi connectivity index (χ2v) is 14.7. The van der Waals surface area contributed by atoms with Gasteiger partial charge in [-0.3, -0.25) is 0 Å². The number of nitrogens with zero attached hydrogens (tertiary/aromatic N) is 1. The molecule has 0 unspecified atom stereocenters. The van der Waals surface area contributed by atoms with Crippen LogP contribution >= 0.6 is 0 Å². The van der Waals surface area contributed by atoms with Gasteiger partial charge >= 0.3 is 0 Å². The van der Waals surface area contributed by atoms with Gasteiger partial charge in [0.1, 0.15) is 11.2 Å². The number of furan rings is 1. The Balaban J connectivity index is 0.998. The van der Waals surface area contributed by atoms with E-state index >= 15 is 0 Å². The molecule has 9 aromatic carbocycles. The SMILES string of the molecule is Cc1cc(-c2ccc3oc4ccccc4c3c2)ccc1-c1ccc(N(c2ccc(-c3ccc(-c4ccccc4)cc3)cc2)c2cccc3ccccc23)cc1C. The van der Waals surface area contributed by atoms with Crippen molar-refractivity contribution in [1.82, 2.24) is 0 Å². The van der Waals surface area contributed by atoms with Crippen LogP contribution in [0.4, 0.5) is 17.1 Å². The minimum absolute atomic E-state index is 0.918. The molecule has 0 saturated heterocycles. The highest BCUT2D eigenvalue weighted by Crippen LogP contribution is 2.42. The fourth-order valence-corrected chi connectivity index (χ4v) is 8.26. The maximum Gasteiger partial charge on any atom is 0.135 e. The Kier molecular flexibility index (Phi) is 8.30. The van der Waals surface area contributed by atoms with Gasteiger partial charge in [-0.25, -0.2) is 0 Å². The van der Waals surface area contributed by atoms with E-state index in [0.29, 0.717) is 0 Å². The summed E-state index contributed by atoms with van der Waals surface area (Å²) in [5.74, 6) is 0. The summed E-state index contributed by atoms with van der Waals surface area (Å²) in [5.41, 5.74) is 17.4. The van der Waals surface area contributed by atoms with Crippen molar-refractivity contribution in [3.05, 3.63) is 211 Å². The van der Waals surface area contributed by atoms with Crippen LogP contribution in [-0.4, -0.2) is 0 Å². The van der Waals surface area contributed by atoms with Crippen molar-refractivity contribution in [2.24, 2.45) is 0 Å². The van der Waals surface area contributed by atoms with Gasteiger partial charge in [-0.2, -0.15) is 0 Å². The Morgan fingerprint density at radius 2 is 0.857 bits per heavy atom. The number of aryl methyl sites for hydroxylation is 2. The van der Waals surface area contributed by atoms with Crippen molar-refractivity contribution in [2.45, 2.75) is 13.8 Å². The zero-order valence-corrected chi connectivity index (χ0v) is 31.4. The summed E-state index contributed by atoms with van der Waals surface area (Å²) in [4.78, 5) is 2.40. The van der Waals surface area contributed by atoms with Gasteiger partial charge in [0, 0.05) is 27.5 Å². The molecule has 1 aromatic heterocycles. The molecular weight excluding hydrogens is 679 g/mol. The third-order valence-electron chi connectivity index (χ3n) is 11.2. The van der Waals surface area contributed by atoms with E-state index in [2.05, 4.69) is 207 Å². The molecule has 0 aliphatic carbocycles. The molecule has 0 atom stereocenters. The molecule has 10 aromatic rings. The fraction of sp³-hybridized carbons (Fsp3) is 0.0370. The first kappa shape index (κ1) is 33.4. The quantitative estimate of drug-likeness (QED) is 0.163. The van der Waals surface area contributed by atoms with Crippen LogP contribution in [0.25, 0.3) is 77.2 Å². The Hall–Kier alpha value is -7.16. The largest absolute Gasteiger partial charge is 0.456 e. The summed E-state index contributed by atoms with van der Waals surface area (Å²) in [6.07, 6.45) is 0. The Morgan fingerprint density at radius 3 is 1.59 bits per heavy atom. The standard InChI is InChI=1S/C54H39NO/c1-36-33-43(44-26-32-54-51(35-44)50-16-8-9-18-53(50)56-54)25-30-47(36)48-31-29-46(34-37(48)2)55(52-17-10-14-42-13-6-7-15-49(42)52)45-27-23-41(24-28-45)40-21-19-39(20-22-40)38-11-4-3-5-12-38/h3-35H,1-2H3. The number of benzene rings is 9.